The fourth-order valence-electron chi connectivity index (χ4n) is 5.14. The number of anilines is 1. The Morgan fingerprint density at radius 1 is 1.07 bits per heavy atom. The number of aryl methyl sites for hydroxylation is 1. The number of aromatic nitrogens is 4. The zero-order valence-electron chi connectivity index (χ0n) is 21.5. The molecule has 1 aliphatic heterocycles. The molecule has 1 unspecified atom stereocenters. The van der Waals surface area contributed by atoms with E-state index in [1.165, 1.54) is 22.8 Å². The Bertz CT molecular complexity index is 1580. The molecule has 8 nitrogen and oxygen atoms in total. The van der Waals surface area contributed by atoms with E-state index in [1.807, 2.05) is 16.7 Å². The number of aliphatic hydroxyl groups excluding tert-OH is 1. The van der Waals surface area contributed by atoms with Crippen LogP contribution in [-0.4, -0.2) is 61.3 Å². The van der Waals surface area contributed by atoms with E-state index in [-0.39, 0.29) is 24.3 Å². The number of nitrogens with zero attached hydrogens (tertiary/aromatic N) is 6. The van der Waals surface area contributed by atoms with Crippen LogP contribution in [0.4, 0.5) is 23.4 Å². The lowest BCUT2D eigenvalue weighted by Gasteiger charge is -2.48. The number of halogens is 5. The van der Waals surface area contributed by atoms with Crippen molar-refractivity contribution in [1.82, 2.24) is 24.4 Å². The smallest absolute Gasteiger partial charge is 0.395 e. The van der Waals surface area contributed by atoms with E-state index < -0.39 is 35.3 Å². The third-order valence-electron chi connectivity index (χ3n) is 7.18. The molecule has 210 valence electrons. The second-order valence-electron chi connectivity index (χ2n) is 9.74. The highest BCUT2D eigenvalue weighted by Gasteiger charge is 2.39. The minimum Gasteiger partial charge on any atom is -0.395 e. The van der Waals surface area contributed by atoms with Gasteiger partial charge in [0, 0.05) is 32.4 Å². The van der Waals surface area contributed by atoms with Gasteiger partial charge >= 0.3 is 11.9 Å². The van der Waals surface area contributed by atoms with E-state index in [4.69, 9.17) is 11.6 Å². The fourth-order valence-corrected chi connectivity index (χ4v) is 5.28. The molecule has 1 aromatic carbocycles. The van der Waals surface area contributed by atoms with Gasteiger partial charge in [0.1, 0.15) is 16.5 Å². The second kappa shape index (κ2) is 10.8. The Labute approximate surface area is 231 Å². The Balaban J connectivity index is 1.56. The quantitative estimate of drug-likeness (QED) is 0.281. The van der Waals surface area contributed by atoms with Crippen LogP contribution < -0.4 is 10.6 Å². The maximum Gasteiger partial charge on any atom is 0.417 e. The zero-order chi connectivity index (χ0) is 28.8. The summed E-state index contributed by atoms with van der Waals surface area (Å²) in [5.74, 6) is -0.147. The molecule has 40 heavy (non-hydrogen) atoms. The van der Waals surface area contributed by atoms with Crippen LogP contribution in [0.5, 0.6) is 0 Å². The van der Waals surface area contributed by atoms with Gasteiger partial charge in [0.05, 0.1) is 35.5 Å². The maximum atomic E-state index is 13.8. The number of benzene rings is 1. The molecule has 0 aliphatic carbocycles. The molecular weight excluding hydrogens is 552 g/mol. The molecule has 1 saturated heterocycles. The van der Waals surface area contributed by atoms with E-state index in [0.717, 1.165) is 12.3 Å². The van der Waals surface area contributed by atoms with Crippen molar-refractivity contribution in [2.45, 2.75) is 31.2 Å². The van der Waals surface area contributed by atoms with Gasteiger partial charge in [0.15, 0.2) is 5.82 Å². The number of pyridine rings is 2. The highest BCUT2D eigenvalue weighted by Crippen LogP contribution is 2.36. The Morgan fingerprint density at radius 2 is 1.80 bits per heavy atom. The minimum absolute atomic E-state index is 0.208. The van der Waals surface area contributed by atoms with Crippen molar-refractivity contribution >= 4 is 28.5 Å². The summed E-state index contributed by atoms with van der Waals surface area (Å²) >= 11 is 6.17. The lowest BCUT2D eigenvalue weighted by Crippen LogP contribution is -2.60. The van der Waals surface area contributed by atoms with Crippen molar-refractivity contribution in [3.05, 3.63) is 93.0 Å². The summed E-state index contributed by atoms with van der Waals surface area (Å²) in [7, 11) is 1.58. The van der Waals surface area contributed by atoms with Gasteiger partial charge in [-0.2, -0.15) is 18.2 Å². The van der Waals surface area contributed by atoms with Crippen LogP contribution in [0.25, 0.3) is 11.0 Å². The first-order valence-electron chi connectivity index (χ1n) is 12.4. The molecule has 13 heteroatoms. The van der Waals surface area contributed by atoms with E-state index >= 15 is 0 Å². The van der Waals surface area contributed by atoms with Crippen molar-refractivity contribution < 1.29 is 22.7 Å². The summed E-state index contributed by atoms with van der Waals surface area (Å²) in [5.41, 5.74) is 0.488. The van der Waals surface area contributed by atoms with Gasteiger partial charge < -0.3 is 10.0 Å². The summed E-state index contributed by atoms with van der Waals surface area (Å²) in [5, 5.41) is 10.7. The van der Waals surface area contributed by atoms with Crippen LogP contribution >= 0.6 is 11.6 Å². The Kier molecular flexibility index (Phi) is 7.51. The van der Waals surface area contributed by atoms with Crippen molar-refractivity contribution in [3.63, 3.8) is 0 Å². The molecule has 0 spiro atoms. The van der Waals surface area contributed by atoms with Crippen molar-refractivity contribution in [1.29, 1.82) is 0 Å². The largest absolute Gasteiger partial charge is 0.417 e. The van der Waals surface area contributed by atoms with Crippen molar-refractivity contribution in [3.8, 4) is 0 Å². The number of hydrogen-bond acceptors (Lipinski definition) is 7. The van der Waals surface area contributed by atoms with Crippen LogP contribution in [0, 0.1) is 5.82 Å². The van der Waals surface area contributed by atoms with Crippen LogP contribution in [0.1, 0.15) is 29.8 Å². The molecule has 4 aromatic rings. The molecule has 4 heterocycles. The third kappa shape index (κ3) is 5.26. The predicted molar refractivity (Wildman–Crippen MR) is 142 cm³/mol. The molecule has 0 amide bonds. The maximum absolute atomic E-state index is 13.8. The average Bonchev–Trinajstić information content (AvgIpc) is 2.92. The standard InChI is InChI=1S/C27H25ClF4N6O2/c1-15-12-38(24(16-3-6-18(29)7-4-16)20-8-5-17(11-33-20)27(30,31)32)19(14-39)13-37(15)25-23-21(9-10-22(28)34-23)36(2)26(40)35-25/h3-11,15,19,24,39H,12-14H2,1-2H3/t15-,19-,24?/m0/s1. The summed E-state index contributed by atoms with van der Waals surface area (Å²) in [6.07, 6.45) is -3.78. The first kappa shape index (κ1) is 27.9. The van der Waals surface area contributed by atoms with E-state index in [2.05, 4.69) is 15.0 Å². The zero-order valence-corrected chi connectivity index (χ0v) is 22.2. The summed E-state index contributed by atoms with van der Waals surface area (Å²) in [4.78, 5) is 29.3. The molecule has 1 aliphatic rings. The van der Waals surface area contributed by atoms with E-state index in [9.17, 15) is 27.5 Å². The summed E-state index contributed by atoms with van der Waals surface area (Å²) < 4.78 is 54.8. The van der Waals surface area contributed by atoms with Gasteiger partial charge in [-0.3, -0.25) is 14.5 Å². The summed E-state index contributed by atoms with van der Waals surface area (Å²) in [6.45, 7) is 2.09. The van der Waals surface area contributed by atoms with Crippen LogP contribution in [-0.2, 0) is 13.2 Å². The first-order valence-corrected chi connectivity index (χ1v) is 12.8. The molecule has 1 fully saturated rings. The number of hydrogen-bond donors (Lipinski definition) is 1. The number of rotatable bonds is 5. The average molecular weight is 577 g/mol. The van der Waals surface area contributed by atoms with Gasteiger partial charge in [-0.25, -0.2) is 14.2 Å². The number of alkyl halides is 3. The SMILES string of the molecule is C[C@H]1CN(C(c2ccc(F)cc2)c2ccc(C(F)(F)F)cn2)[C@H](CO)CN1c1nc(=O)n(C)c2ccc(Cl)nc12. The normalized spacial score (nSPS) is 19.2. The lowest BCUT2D eigenvalue weighted by atomic mass is 9.96. The van der Waals surface area contributed by atoms with Gasteiger partial charge in [-0.1, -0.05) is 23.7 Å². The van der Waals surface area contributed by atoms with Crippen LogP contribution in [0.2, 0.25) is 5.15 Å². The van der Waals surface area contributed by atoms with Crippen LogP contribution in [0.15, 0.2) is 59.5 Å². The topological polar surface area (TPSA) is 87.4 Å². The minimum atomic E-state index is -4.55. The Hall–Kier alpha value is -3.61. The third-order valence-corrected chi connectivity index (χ3v) is 7.39. The Morgan fingerprint density at radius 3 is 2.42 bits per heavy atom. The van der Waals surface area contributed by atoms with Gasteiger partial charge in [0.25, 0.3) is 0 Å². The molecule has 3 atom stereocenters. The van der Waals surface area contributed by atoms with E-state index in [0.29, 0.717) is 34.7 Å². The molecule has 0 bridgehead atoms. The second-order valence-corrected chi connectivity index (χ2v) is 10.1. The van der Waals surface area contributed by atoms with Crippen molar-refractivity contribution in [2.75, 3.05) is 24.6 Å². The molecule has 5 rings (SSSR count). The fraction of sp³-hybridized carbons (Fsp3) is 0.333. The number of piperazine rings is 1. The predicted octanol–water partition coefficient (Wildman–Crippen LogP) is 4.20. The van der Waals surface area contributed by atoms with Gasteiger partial charge in [-0.15, -0.1) is 0 Å². The lowest BCUT2D eigenvalue weighted by molar-refractivity contribution is -0.137. The first-order chi connectivity index (χ1) is 19.0. The molecule has 0 saturated carbocycles. The van der Waals surface area contributed by atoms with E-state index in [1.54, 1.807) is 31.3 Å². The van der Waals surface area contributed by atoms with Gasteiger partial charge in [-0.05, 0) is 48.9 Å². The monoisotopic (exact) mass is 576 g/mol. The van der Waals surface area contributed by atoms with Crippen LogP contribution in [0.3, 0.4) is 0 Å². The number of fused-ring (bicyclic) bond motifs is 1. The van der Waals surface area contributed by atoms with Crippen molar-refractivity contribution in [2.24, 2.45) is 7.05 Å². The summed E-state index contributed by atoms with van der Waals surface area (Å²) in [6, 6.07) is 9.61. The molecule has 1 N–H and O–H groups in total. The number of aliphatic hydroxyl groups is 1. The molecule has 3 aromatic heterocycles. The molecular formula is C27H25ClF4N6O2. The highest BCUT2D eigenvalue weighted by molar-refractivity contribution is 6.29. The highest BCUT2D eigenvalue weighted by atomic mass is 35.5. The van der Waals surface area contributed by atoms with Gasteiger partial charge in [0.2, 0.25) is 0 Å². The molecule has 0 radical (unpaired) electrons.